The van der Waals surface area contributed by atoms with Crippen LogP contribution in [0.15, 0.2) is 54.6 Å². The number of carbonyl (C=O) groups is 2. The van der Waals surface area contributed by atoms with Crippen molar-refractivity contribution in [2.45, 2.75) is 25.4 Å². The van der Waals surface area contributed by atoms with Gasteiger partial charge >= 0.3 is 0 Å². The van der Waals surface area contributed by atoms with Gasteiger partial charge in [-0.15, -0.1) is 0 Å². The van der Waals surface area contributed by atoms with Crippen LogP contribution in [0.3, 0.4) is 0 Å². The van der Waals surface area contributed by atoms with Crippen LogP contribution < -0.4 is 14.8 Å². The standard InChI is InChI=1S/C21H24N2O4/c1-26-18-11-7-16(8-12-18)14-23(17-9-10-17)21(25)13-22-20(24)15-27-19-5-3-2-4-6-19/h2-8,11-12,17H,9-10,13-15H2,1H3,(H,22,24). The molecule has 2 aromatic carbocycles. The molecule has 6 heteroatoms. The molecule has 0 bridgehead atoms. The zero-order valence-electron chi connectivity index (χ0n) is 15.4. The summed E-state index contributed by atoms with van der Waals surface area (Å²) in [6, 6.07) is 17.0. The molecule has 0 spiro atoms. The zero-order chi connectivity index (χ0) is 19.1. The Bertz CT molecular complexity index is 758. The first-order valence-corrected chi connectivity index (χ1v) is 9.02. The first kappa shape index (κ1) is 18.8. The van der Waals surface area contributed by atoms with Crippen molar-refractivity contribution in [3.63, 3.8) is 0 Å². The number of amides is 2. The third kappa shape index (κ3) is 5.74. The van der Waals surface area contributed by atoms with Crippen LogP contribution >= 0.6 is 0 Å². The van der Waals surface area contributed by atoms with Crippen LogP contribution in [0.2, 0.25) is 0 Å². The normalized spacial score (nSPS) is 12.9. The van der Waals surface area contributed by atoms with Crippen LogP contribution in [0.5, 0.6) is 11.5 Å². The van der Waals surface area contributed by atoms with Gasteiger partial charge in [0.15, 0.2) is 6.61 Å². The summed E-state index contributed by atoms with van der Waals surface area (Å²) in [5, 5.41) is 2.64. The fourth-order valence-electron chi connectivity index (χ4n) is 2.73. The van der Waals surface area contributed by atoms with Crippen LogP contribution in [0.4, 0.5) is 0 Å². The molecule has 27 heavy (non-hydrogen) atoms. The Morgan fingerprint density at radius 3 is 2.37 bits per heavy atom. The lowest BCUT2D eigenvalue weighted by Gasteiger charge is -2.23. The van der Waals surface area contributed by atoms with Gasteiger partial charge in [0.2, 0.25) is 5.91 Å². The number of carbonyl (C=O) groups excluding carboxylic acids is 2. The second-order valence-electron chi connectivity index (χ2n) is 6.48. The maximum absolute atomic E-state index is 12.6. The SMILES string of the molecule is COc1ccc(CN(C(=O)CNC(=O)COc2ccccc2)C2CC2)cc1. The highest BCUT2D eigenvalue weighted by Gasteiger charge is 2.32. The van der Waals surface area contributed by atoms with Crippen molar-refractivity contribution in [1.82, 2.24) is 10.2 Å². The minimum absolute atomic E-state index is 0.0242. The monoisotopic (exact) mass is 368 g/mol. The van der Waals surface area contributed by atoms with Crippen LogP contribution in [0.25, 0.3) is 0 Å². The van der Waals surface area contributed by atoms with Crippen molar-refractivity contribution in [3.05, 3.63) is 60.2 Å². The molecular weight excluding hydrogens is 344 g/mol. The fraction of sp³-hybridized carbons (Fsp3) is 0.333. The summed E-state index contributed by atoms with van der Waals surface area (Å²) in [7, 11) is 1.62. The number of benzene rings is 2. The quantitative estimate of drug-likeness (QED) is 0.738. The topological polar surface area (TPSA) is 67.9 Å². The number of hydrogen-bond acceptors (Lipinski definition) is 4. The lowest BCUT2D eigenvalue weighted by molar-refractivity contribution is -0.134. The number of methoxy groups -OCH3 is 1. The van der Waals surface area contributed by atoms with E-state index in [2.05, 4.69) is 5.32 Å². The molecule has 1 aliphatic carbocycles. The molecule has 1 fully saturated rings. The average molecular weight is 368 g/mol. The Morgan fingerprint density at radius 2 is 1.74 bits per heavy atom. The van der Waals surface area contributed by atoms with E-state index in [1.165, 1.54) is 0 Å². The van der Waals surface area contributed by atoms with Gasteiger partial charge in [-0.25, -0.2) is 0 Å². The highest BCUT2D eigenvalue weighted by atomic mass is 16.5. The molecule has 0 heterocycles. The first-order valence-electron chi connectivity index (χ1n) is 9.02. The van der Waals surface area contributed by atoms with Crippen LogP contribution in [0.1, 0.15) is 18.4 Å². The van der Waals surface area contributed by atoms with Crippen molar-refractivity contribution < 1.29 is 19.1 Å². The molecule has 3 rings (SSSR count). The number of ether oxygens (including phenoxy) is 2. The van der Waals surface area contributed by atoms with E-state index in [-0.39, 0.29) is 31.0 Å². The molecule has 1 aliphatic rings. The molecule has 6 nitrogen and oxygen atoms in total. The molecule has 1 N–H and O–H groups in total. The van der Waals surface area contributed by atoms with E-state index in [1.54, 1.807) is 19.2 Å². The predicted octanol–water partition coefficient (Wildman–Crippen LogP) is 2.38. The molecule has 0 aliphatic heterocycles. The molecule has 142 valence electrons. The molecule has 0 atom stereocenters. The van der Waals surface area contributed by atoms with E-state index in [0.29, 0.717) is 12.3 Å². The number of nitrogens with zero attached hydrogens (tertiary/aromatic N) is 1. The van der Waals surface area contributed by atoms with Crippen molar-refractivity contribution in [2.24, 2.45) is 0 Å². The predicted molar refractivity (Wildman–Crippen MR) is 102 cm³/mol. The lowest BCUT2D eigenvalue weighted by Crippen LogP contribution is -2.42. The Hall–Kier alpha value is -3.02. The first-order chi connectivity index (χ1) is 13.2. The summed E-state index contributed by atoms with van der Waals surface area (Å²) in [4.78, 5) is 26.3. The summed E-state index contributed by atoms with van der Waals surface area (Å²) >= 11 is 0. The second kappa shape index (κ2) is 9.07. The number of para-hydroxylation sites is 1. The Kier molecular flexibility index (Phi) is 6.30. The van der Waals surface area contributed by atoms with Gasteiger partial charge in [-0.1, -0.05) is 30.3 Å². The van der Waals surface area contributed by atoms with Gasteiger partial charge in [-0.2, -0.15) is 0 Å². The largest absolute Gasteiger partial charge is 0.497 e. The van der Waals surface area contributed by atoms with Gasteiger partial charge in [0.1, 0.15) is 11.5 Å². The molecule has 0 unspecified atom stereocenters. The minimum Gasteiger partial charge on any atom is -0.497 e. The molecular formula is C21H24N2O4. The Morgan fingerprint density at radius 1 is 1.04 bits per heavy atom. The maximum Gasteiger partial charge on any atom is 0.258 e. The number of nitrogens with one attached hydrogen (secondary N) is 1. The van der Waals surface area contributed by atoms with Crippen LogP contribution in [-0.2, 0) is 16.1 Å². The van der Waals surface area contributed by atoms with Crippen molar-refractivity contribution in [2.75, 3.05) is 20.3 Å². The van der Waals surface area contributed by atoms with Gasteiger partial charge < -0.3 is 19.7 Å². The number of hydrogen-bond donors (Lipinski definition) is 1. The van der Waals surface area contributed by atoms with Crippen LogP contribution in [0, 0.1) is 0 Å². The Labute approximate surface area is 159 Å². The third-order valence-corrected chi connectivity index (χ3v) is 4.37. The fourth-order valence-corrected chi connectivity index (χ4v) is 2.73. The van der Waals surface area contributed by atoms with E-state index in [9.17, 15) is 9.59 Å². The van der Waals surface area contributed by atoms with Crippen molar-refractivity contribution in [3.8, 4) is 11.5 Å². The van der Waals surface area contributed by atoms with Crippen LogP contribution in [-0.4, -0.2) is 43.0 Å². The summed E-state index contributed by atoms with van der Waals surface area (Å²) in [5.74, 6) is 1.01. The van der Waals surface area contributed by atoms with E-state index < -0.39 is 0 Å². The number of rotatable bonds is 9. The van der Waals surface area contributed by atoms with Gasteiger partial charge in [-0.05, 0) is 42.7 Å². The average Bonchev–Trinajstić information content (AvgIpc) is 3.55. The van der Waals surface area contributed by atoms with E-state index >= 15 is 0 Å². The smallest absolute Gasteiger partial charge is 0.258 e. The molecule has 2 amide bonds. The lowest BCUT2D eigenvalue weighted by atomic mass is 10.2. The summed E-state index contributed by atoms with van der Waals surface area (Å²) in [6.45, 7) is 0.396. The second-order valence-corrected chi connectivity index (χ2v) is 6.48. The minimum atomic E-state index is -0.313. The summed E-state index contributed by atoms with van der Waals surface area (Å²) in [5.41, 5.74) is 1.04. The van der Waals surface area contributed by atoms with Crippen molar-refractivity contribution in [1.29, 1.82) is 0 Å². The van der Waals surface area contributed by atoms with Gasteiger partial charge in [-0.3, -0.25) is 9.59 Å². The highest BCUT2D eigenvalue weighted by Crippen LogP contribution is 2.28. The maximum atomic E-state index is 12.6. The van der Waals surface area contributed by atoms with Gasteiger partial charge in [0.05, 0.1) is 13.7 Å². The van der Waals surface area contributed by atoms with E-state index in [4.69, 9.17) is 9.47 Å². The van der Waals surface area contributed by atoms with E-state index in [1.807, 2.05) is 47.4 Å². The van der Waals surface area contributed by atoms with Gasteiger partial charge in [0.25, 0.3) is 5.91 Å². The molecule has 1 saturated carbocycles. The van der Waals surface area contributed by atoms with Gasteiger partial charge in [0, 0.05) is 12.6 Å². The molecule has 0 aromatic heterocycles. The van der Waals surface area contributed by atoms with E-state index in [0.717, 1.165) is 24.2 Å². The molecule has 0 radical (unpaired) electrons. The van der Waals surface area contributed by atoms with Crippen molar-refractivity contribution >= 4 is 11.8 Å². The third-order valence-electron chi connectivity index (χ3n) is 4.37. The Balaban J connectivity index is 1.47. The highest BCUT2D eigenvalue weighted by molar-refractivity contribution is 5.85. The molecule has 0 saturated heterocycles. The summed E-state index contributed by atoms with van der Waals surface area (Å²) in [6.07, 6.45) is 2.01. The zero-order valence-corrected chi connectivity index (χ0v) is 15.4. The molecule has 2 aromatic rings. The summed E-state index contributed by atoms with van der Waals surface area (Å²) < 4.78 is 10.6.